The molecule has 0 radical (unpaired) electrons. The Hall–Kier alpha value is -3.27. The summed E-state index contributed by atoms with van der Waals surface area (Å²) >= 11 is 1.35. The van der Waals surface area contributed by atoms with E-state index in [2.05, 4.69) is 5.32 Å². The molecule has 7 nitrogen and oxygen atoms in total. The second kappa shape index (κ2) is 7.52. The van der Waals surface area contributed by atoms with E-state index < -0.39 is 21.8 Å². The van der Waals surface area contributed by atoms with Gasteiger partial charge in [-0.3, -0.25) is 9.59 Å². The molecule has 9 heteroatoms. The standard InChI is InChI=1S/C21H17N3O4S2/c1-13-4-6-14(7-5-13)23-19-18(17-3-2-12-29-17)20(25)24(21(19)26)15-8-10-16(11-9-15)30(22,27)28/h2-12,23H,1H3,(H2,22,27,28). The molecule has 0 fully saturated rings. The zero-order valence-electron chi connectivity index (χ0n) is 15.8. The summed E-state index contributed by atoms with van der Waals surface area (Å²) in [6.45, 7) is 1.96. The van der Waals surface area contributed by atoms with Crippen LogP contribution in [0.3, 0.4) is 0 Å². The average molecular weight is 440 g/mol. The minimum atomic E-state index is -3.88. The maximum absolute atomic E-state index is 13.2. The molecule has 152 valence electrons. The first kappa shape index (κ1) is 20.0. The molecular weight excluding hydrogens is 422 g/mol. The van der Waals surface area contributed by atoms with Crippen LogP contribution in [-0.4, -0.2) is 20.2 Å². The molecular formula is C21H17N3O4S2. The van der Waals surface area contributed by atoms with Crippen molar-refractivity contribution in [1.82, 2.24) is 0 Å². The number of hydrogen-bond acceptors (Lipinski definition) is 6. The predicted molar refractivity (Wildman–Crippen MR) is 116 cm³/mol. The molecule has 3 N–H and O–H groups in total. The molecule has 0 bridgehead atoms. The summed E-state index contributed by atoms with van der Waals surface area (Å²) in [4.78, 5) is 28.0. The number of hydrogen-bond donors (Lipinski definition) is 2. The molecule has 30 heavy (non-hydrogen) atoms. The number of sulfonamides is 1. The largest absolute Gasteiger partial charge is 0.350 e. The molecule has 0 saturated carbocycles. The number of carbonyl (C=O) groups excluding carboxylic acids is 2. The molecule has 0 atom stereocenters. The Morgan fingerprint density at radius 1 is 0.933 bits per heavy atom. The molecule has 1 aliphatic heterocycles. The van der Waals surface area contributed by atoms with Gasteiger partial charge in [0.05, 0.1) is 16.2 Å². The van der Waals surface area contributed by atoms with Gasteiger partial charge in [-0.1, -0.05) is 23.8 Å². The number of carbonyl (C=O) groups is 2. The summed E-state index contributed by atoms with van der Waals surface area (Å²) in [5.74, 6) is -1.01. The molecule has 2 aromatic carbocycles. The normalized spacial score (nSPS) is 14.5. The van der Waals surface area contributed by atoms with Gasteiger partial charge in [0.2, 0.25) is 10.0 Å². The Bertz CT molecular complexity index is 1260. The van der Waals surface area contributed by atoms with E-state index >= 15 is 0 Å². The minimum Gasteiger partial charge on any atom is -0.350 e. The summed E-state index contributed by atoms with van der Waals surface area (Å²) in [5.41, 5.74) is 2.44. The number of nitrogens with two attached hydrogens (primary N) is 1. The number of aryl methyl sites for hydroxylation is 1. The Labute approximate surface area is 177 Å². The van der Waals surface area contributed by atoms with Crippen LogP contribution >= 0.6 is 11.3 Å². The van der Waals surface area contributed by atoms with Crippen LogP contribution in [-0.2, 0) is 19.6 Å². The van der Waals surface area contributed by atoms with Crippen molar-refractivity contribution in [1.29, 1.82) is 0 Å². The molecule has 0 unspecified atom stereocenters. The summed E-state index contributed by atoms with van der Waals surface area (Å²) in [5, 5.41) is 10.0. The van der Waals surface area contributed by atoms with Crippen LogP contribution in [0.15, 0.2) is 76.6 Å². The van der Waals surface area contributed by atoms with Crippen molar-refractivity contribution in [3.05, 3.63) is 82.2 Å². The van der Waals surface area contributed by atoms with Crippen molar-refractivity contribution < 1.29 is 18.0 Å². The first-order chi connectivity index (χ1) is 14.3. The van der Waals surface area contributed by atoms with Gasteiger partial charge in [-0.2, -0.15) is 0 Å². The number of amides is 2. The fourth-order valence-corrected chi connectivity index (χ4v) is 4.38. The van der Waals surface area contributed by atoms with Crippen molar-refractivity contribution in [2.24, 2.45) is 5.14 Å². The topological polar surface area (TPSA) is 110 Å². The third-order valence-electron chi connectivity index (χ3n) is 4.60. The Balaban J connectivity index is 1.75. The lowest BCUT2D eigenvalue weighted by Crippen LogP contribution is -2.32. The summed E-state index contributed by atoms with van der Waals surface area (Å²) < 4.78 is 23.0. The molecule has 0 saturated heterocycles. The maximum Gasteiger partial charge on any atom is 0.282 e. The third-order valence-corrected chi connectivity index (χ3v) is 6.41. The number of rotatable bonds is 5. The fraction of sp³-hybridized carbons (Fsp3) is 0.0476. The van der Waals surface area contributed by atoms with Crippen molar-refractivity contribution in [2.75, 3.05) is 10.2 Å². The Morgan fingerprint density at radius 3 is 2.17 bits per heavy atom. The second-order valence-electron chi connectivity index (χ2n) is 6.70. The monoisotopic (exact) mass is 439 g/mol. The molecule has 1 aromatic heterocycles. The van der Waals surface area contributed by atoms with Gasteiger partial charge in [0.1, 0.15) is 5.70 Å². The van der Waals surface area contributed by atoms with E-state index in [9.17, 15) is 18.0 Å². The van der Waals surface area contributed by atoms with Gasteiger partial charge in [-0.25, -0.2) is 18.5 Å². The van der Waals surface area contributed by atoms with Crippen LogP contribution in [0.5, 0.6) is 0 Å². The summed E-state index contributed by atoms with van der Waals surface area (Å²) in [6, 6.07) is 16.3. The van der Waals surface area contributed by atoms with Crippen LogP contribution in [0.25, 0.3) is 5.57 Å². The number of anilines is 2. The lowest BCUT2D eigenvalue weighted by Gasteiger charge is -2.15. The molecule has 1 aliphatic rings. The maximum atomic E-state index is 13.2. The van der Waals surface area contributed by atoms with Crippen molar-refractivity contribution in [3.8, 4) is 0 Å². The number of primary sulfonamides is 1. The van der Waals surface area contributed by atoms with Crippen LogP contribution in [0.4, 0.5) is 11.4 Å². The zero-order valence-corrected chi connectivity index (χ0v) is 17.5. The van der Waals surface area contributed by atoms with Gasteiger partial charge < -0.3 is 5.32 Å². The van der Waals surface area contributed by atoms with Crippen LogP contribution < -0.4 is 15.4 Å². The van der Waals surface area contributed by atoms with Gasteiger partial charge in [0.25, 0.3) is 11.8 Å². The smallest absolute Gasteiger partial charge is 0.282 e. The number of benzene rings is 2. The first-order valence-electron chi connectivity index (χ1n) is 8.89. The van der Waals surface area contributed by atoms with Gasteiger partial charge >= 0.3 is 0 Å². The predicted octanol–water partition coefficient (Wildman–Crippen LogP) is 3.10. The molecule has 0 spiro atoms. The SMILES string of the molecule is Cc1ccc(NC2=C(c3cccs3)C(=O)N(c3ccc(S(N)(=O)=O)cc3)C2=O)cc1. The zero-order chi connectivity index (χ0) is 21.5. The number of imide groups is 1. The van der Waals surface area contributed by atoms with E-state index in [0.29, 0.717) is 10.6 Å². The lowest BCUT2D eigenvalue weighted by atomic mass is 10.1. The van der Waals surface area contributed by atoms with E-state index in [1.54, 1.807) is 12.1 Å². The van der Waals surface area contributed by atoms with E-state index in [0.717, 1.165) is 10.5 Å². The van der Waals surface area contributed by atoms with Crippen LogP contribution in [0.2, 0.25) is 0 Å². The Kier molecular flexibility index (Phi) is 5.02. The van der Waals surface area contributed by atoms with Crippen molar-refractivity contribution in [3.63, 3.8) is 0 Å². The highest BCUT2D eigenvalue weighted by molar-refractivity contribution is 7.89. The van der Waals surface area contributed by atoms with Crippen LogP contribution in [0, 0.1) is 6.92 Å². The molecule has 0 aliphatic carbocycles. The van der Waals surface area contributed by atoms with E-state index in [1.165, 1.54) is 35.6 Å². The lowest BCUT2D eigenvalue weighted by molar-refractivity contribution is -0.120. The highest BCUT2D eigenvalue weighted by atomic mass is 32.2. The average Bonchev–Trinajstić information content (AvgIpc) is 3.30. The highest BCUT2D eigenvalue weighted by Crippen LogP contribution is 2.35. The number of nitrogens with zero attached hydrogens (tertiary/aromatic N) is 1. The second-order valence-corrected chi connectivity index (χ2v) is 9.21. The molecule has 3 aromatic rings. The van der Waals surface area contributed by atoms with Crippen molar-refractivity contribution in [2.45, 2.75) is 11.8 Å². The molecule has 4 rings (SSSR count). The van der Waals surface area contributed by atoms with Gasteiger partial charge in [0, 0.05) is 10.6 Å². The van der Waals surface area contributed by atoms with Crippen molar-refractivity contribution >= 4 is 50.1 Å². The van der Waals surface area contributed by atoms with E-state index in [1.807, 2.05) is 36.6 Å². The van der Waals surface area contributed by atoms with Gasteiger partial charge in [-0.15, -0.1) is 11.3 Å². The van der Waals surface area contributed by atoms with E-state index in [4.69, 9.17) is 5.14 Å². The summed E-state index contributed by atoms with van der Waals surface area (Å²) in [7, 11) is -3.88. The van der Waals surface area contributed by atoms with Gasteiger partial charge in [0.15, 0.2) is 0 Å². The molecule has 2 heterocycles. The summed E-state index contributed by atoms with van der Waals surface area (Å²) in [6.07, 6.45) is 0. The number of nitrogens with one attached hydrogen (secondary N) is 1. The Morgan fingerprint density at radius 2 is 1.60 bits per heavy atom. The molecule has 2 amide bonds. The minimum absolute atomic E-state index is 0.102. The highest BCUT2D eigenvalue weighted by Gasteiger charge is 2.40. The first-order valence-corrected chi connectivity index (χ1v) is 11.3. The van der Waals surface area contributed by atoms with Gasteiger partial charge in [-0.05, 0) is 54.8 Å². The van der Waals surface area contributed by atoms with E-state index in [-0.39, 0.29) is 21.9 Å². The number of thiophene rings is 1. The fourth-order valence-electron chi connectivity index (χ4n) is 3.10. The quantitative estimate of drug-likeness (QED) is 0.594. The van der Waals surface area contributed by atoms with Crippen LogP contribution in [0.1, 0.15) is 10.4 Å². The third kappa shape index (κ3) is 3.65.